The minimum absolute atomic E-state index is 0.00893. The Morgan fingerprint density at radius 3 is 2.58 bits per heavy atom. The predicted octanol–water partition coefficient (Wildman–Crippen LogP) is 0.641. The third-order valence-corrected chi connectivity index (χ3v) is 3.02. The number of amides is 4. The Hall–Kier alpha value is -2.24. The van der Waals surface area contributed by atoms with Crippen molar-refractivity contribution in [2.45, 2.75) is 13.1 Å². The van der Waals surface area contributed by atoms with Gasteiger partial charge < -0.3 is 20.9 Å². The van der Waals surface area contributed by atoms with Crippen LogP contribution in [0.2, 0.25) is 0 Å². The second-order valence-electron chi connectivity index (χ2n) is 4.40. The van der Waals surface area contributed by atoms with Crippen LogP contribution in [0.4, 0.5) is 9.59 Å². The van der Waals surface area contributed by atoms with Gasteiger partial charge in [-0.3, -0.25) is 0 Å². The van der Waals surface area contributed by atoms with Crippen LogP contribution < -0.4 is 16.0 Å². The second-order valence-corrected chi connectivity index (χ2v) is 4.40. The van der Waals surface area contributed by atoms with Crippen LogP contribution in [0, 0.1) is 0 Å². The van der Waals surface area contributed by atoms with Crippen LogP contribution in [0.5, 0.6) is 0 Å². The molecular formula is C13H18N4O2. The molecule has 0 atom stereocenters. The molecule has 1 aromatic rings. The number of nitrogens with one attached hydrogen (secondary N) is 3. The molecule has 0 unspecified atom stereocenters. The Labute approximate surface area is 112 Å². The lowest BCUT2D eigenvalue weighted by atomic mass is 10.1. The molecule has 0 radical (unpaired) electrons. The molecule has 0 bridgehead atoms. The van der Waals surface area contributed by atoms with E-state index in [4.69, 9.17) is 0 Å². The van der Waals surface area contributed by atoms with Crippen LogP contribution in [-0.2, 0) is 13.1 Å². The Morgan fingerprint density at radius 2 is 2.00 bits per heavy atom. The summed E-state index contributed by atoms with van der Waals surface area (Å²) in [5.74, 6) is 0. The topological polar surface area (TPSA) is 73.5 Å². The molecule has 0 aliphatic carbocycles. The van der Waals surface area contributed by atoms with Gasteiger partial charge in [-0.15, -0.1) is 0 Å². The first-order chi connectivity index (χ1) is 9.19. The zero-order valence-electron chi connectivity index (χ0n) is 10.9. The number of rotatable bonds is 4. The van der Waals surface area contributed by atoms with E-state index in [9.17, 15) is 9.59 Å². The fraction of sp³-hybridized carbons (Fsp3) is 0.385. The lowest BCUT2D eigenvalue weighted by molar-refractivity contribution is 0.215. The van der Waals surface area contributed by atoms with Gasteiger partial charge >= 0.3 is 12.1 Å². The van der Waals surface area contributed by atoms with Crippen LogP contribution in [0.3, 0.4) is 0 Å². The summed E-state index contributed by atoms with van der Waals surface area (Å²) in [5.41, 5.74) is 2.11. The van der Waals surface area contributed by atoms with Gasteiger partial charge in [-0.2, -0.15) is 0 Å². The average molecular weight is 262 g/mol. The van der Waals surface area contributed by atoms with Crippen LogP contribution in [0.1, 0.15) is 11.1 Å². The van der Waals surface area contributed by atoms with Crippen molar-refractivity contribution in [1.29, 1.82) is 0 Å². The molecule has 19 heavy (non-hydrogen) atoms. The van der Waals surface area contributed by atoms with E-state index in [-0.39, 0.29) is 12.1 Å². The molecular weight excluding hydrogens is 244 g/mol. The number of urea groups is 2. The van der Waals surface area contributed by atoms with Crippen molar-refractivity contribution in [3.8, 4) is 0 Å². The average Bonchev–Trinajstić information content (AvgIpc) is 2.83. The highest BCUT2D eigenvalue weighted by Gasteiger charge is 2.18. The van der Waals surface area contributed by atoms with Gasteiger partial charge in [0.25, 0.3) is 0 Å². The molecule has 0 aromatic heterocycles. The number of hydrogen-bond donors (Lipinski definition) is 3. The smallest absolute Gasteiger partial charge is 0.317 e. The Balaban J connectivity index is 1.87. The highest BCUT2D eigenvalue weighted by molar-refractivity contribution is 5.76. The standard InChI is InChI=1S/C13H18N4O2/c1-14-12(18)16-8-10-2-4-11(5-3-10)9-17-7-6-15-13(17)19/h2-5H,6-9H2,1H3,(H,15,19)(H2,14,16,18). The predicted molar refractivity (Wildman–Crippen MR) is 71.5 cm³/mol. The molecule has 0 spiro atoms. The fourth-order valence-electron chi connectivity index (χ4n) is 1.92. The van der Waals surface area contributed by atoms with Gasteiger partial charge in [0.2, 0.25) is 0 Å². The maximum atomic E-state index is 11.4. The van der Waals surface area contributed by atoms with Gasteiger partial charge in [0, 0.05) is 33.2 Å². The summed E-state index contributed by atoms with van der Waals surface area (Å²) in [6.07, 6.45) is 0. The Bertz CT molecular complexity index is 458. The number of carbonyl (C=O) groups is 2. The third-order valence-electron chi connectivity index (χ3n) is 3.02. The first-order valence-corrected chi connectivity index (χ1v) is 6.25. The minimum Gasteiger partial charge on any atom is -0.341 e. The quantitative estimate of drug-likeness (QED) is 0.745. The number of nitrogens with zero attached hydrogens (tertiary/aromatic N) is 1. The number of benzene rings is 1. The van der Waals surface area contributed by atoms with Crippen molar-refractivity contribution in [2.24, 2.45) is 0 Å². The number of carbonyl (C=O) groups excluding carboxylic acids is 2. The van der Waals surface area contributed by atoms with E-state index in [0.29, 0.717) is 19.6 Å². The van der Waals surface area contributed by atoms with E-state index in [0.717, 1.165) is 17.7 Å². The first-order valence-electron chi connectivity index (χ1n) is 6.25. The normalized spacial score (nSPS) is 14.2. The Kier molecular flexibility index (Phi) is 4.22. The lowest BCUT2D eigenvalue weighted by Crippen LogP contribution is -2.32. The highest BCUT2D eigenvalue weighted by Crippen LogP contribution is 2.09. The van der Waals surface area contributed by atoms with Crippen molar-refractivity contribution in [1.82, 2.24) is 20.9 Å². The van der Waals surface area contributed by atoms with Crippen LogP contribution >= 0.6 is 0 Å². The molecule has 1 aliphatic rings. The zero-order valence-corrected chi connectivity index (χ0v) is 10.9. The van der Waals surface area contributed by atoms with E-state index in [1.165, 1.54) is 0 Å². The summed E-state index contributed by atoms with van der Waals surface area (Å²) < 4.78 is 0. The van der Waals surface area contributed by atoms with Crippen molar-refractivity contribution in [3.63, 3.8) is 0 Å². The van der Waals surface area contributed by atoms with Gasteiger partial charge in [-0.05, 0) is 11.1 Å². The van der Waals surface area contributed by atoms with Gasteiger partial charge in [0.05, 0.1) is 0 Å². The van der Waals surface area contributed by atoms with Gasteiger partial charge in [0.1, 0.15) is 0 Å². The molecule has 1 fully saturated rings. The van der Waals surface area contributed by atoms with Crippen LogP contribution in [0.15, 0.2) is 24.3 Å². The molecule has 1 aliphatic heterocycles. The largest absolute Gasteiger partial charge is 0.341 e. The van der Waals surface area contributed by atoms with E-state index in [1.807, 2.05) is 24.3 Å². The van der Waals surface area contributed by atoms with Crippen molar-refractivity contribution in [3.05, 3.63) is 35.4 Å². The second kappa shape index (κ2) is 6.08. The molecule has 1 aromatic carbocycles. The van der Waals surface area contributed by atoms with Crippen molar-refractivity contribution >= 4 is 12.1 Å². The Morgan fingerprint density at radius 1 is 1.32 bits per heavy atom. The van der Waals surface area contributed by atoms with Crippen LogP contribution in [0.25, 0.3) is 0 Å². The van der Waals surface area contributed by atoms with Gasteiger partial charge in [-0.25, -0.2) is 9.59 Å². The van der Waals surface area contributed by atoms with E-state index >= 15 is 0 Å². The number of hydrogen-bond acceptors (Lipinski definition) is 2. The minimum atomic E-state index is -0.196. The van der Waals surface area contributed by atoms with Crippen LogP contribution in [-0.4, -0.2) is 37.1 Å². The third kappa shape index (κ3) is 3.61. The lowest BCUT2D eigenvalue weighted by Gasteiger charge is -2.14. The molecule has 4 amide bonds. The molecule has 6 nitrogen and oxygen atoms in total. The maximum absolute atomic E-state index is 11.4. The maximum Gasteiger partial charge on any atom is 0.317 e. The zero-order chi connectivity index (χ0) is 13.7. The van der Waals surface area contributed by atoms with Crippen molar-refractivity contribution in [2.75, 3.05) is 20.1 Å². The molecule has 2 rings (SSSR count). The highest BCUT2D eigenvalue weighted by atomic mass is 16.2. The summed E-state index contributed by atoms with van der Waals surface area (Å²) in [5, 5.41) is 8.00. The van der Waals surface area contributed by atoms with Crippen molar-refractivity contribution < 1.29 is 9.59 Å². The summed E-state index contributed by atoms with van der Waals surface area (Å²) in [4.78, 5) is 24.2. The molecule has 1 heterocycles. The molecule has 1 saturated heterocycles. The SMILES string of the molecule is CNC(=O)NCc1ccc(CN2CCNC2=O)cc1. The van der Waals surface area contributed by atoms with E-state index in [2.05, 4.69) is 16.0 Å². The van der Waals surface area contributed by atoms with Gasteiger partial charge in [-0.1, -0.05) is 24.3 Å². The van der Waals surface area contributed by atoms with E-state index < -0.39 is 0 Å². The molecule has 6 heteroatoms. The summed E-state index contributed by atoms with van der Waals surface area (Å²) >= 11 is 0. The molecule has 0 saturated carbocycles. The van der Waals surface area contributed by atoms with E-state index in [1.54, 1.807) is 11.9 Å². The summed E-state index contributed by atoms with van der Waals surface area (Å²) in [6.45, 7) is 2.57. The first kappa shape index (κ1) is 13.2. The monoisotopic (exact) mass is 262 g/mol. The summed E-state index contributed by atoms with van der Waals surface area (Å²) in [7, 11) is 1.58. The molecule has 3 N–H and O–H groups in total. The fourth-order valence-corrected chi connectivity index (χ4v) is 1.92. The van der Waals surface area contributed by atoms with Gasteiger partial charge in [0.15, 0.2) is 0 Å². The summed E-state index contributed by atoms with van der Waals surface area (Å²) in [6, 6.07) is 7.67. The molecule has 102 valence electrons.